The number of thiazole rings is 1. The summed E-state index contributed by atoms with van der Waals surface area (Å²) >= 11 is 7.38. The van der Waals surface area contributed by atoms with Gasteiger partial charge in [-0.3, -0.25) is 4.79 Å². The summed E-state index contributed by atoms with van der Waals surface area (Å²) in [6.07, 6.45) is 0.146. The van der Waals surface area contributed by atoms with Gasteiger partial charge in [0.2, 0.25) is 5.91 Å². The molecule has 8 heteroatoms. The summed E-state index contributed by atoms with van der Waals surface area (Å²) in [6.45, 7) is 2.07. The van der Waals surface area contributed by atoms with Crippen LogP contribution in [0, 0.1) is 0 Å². The number of benzene rings is 2. The van der Waals surface area contributed by atoms with Crippen molar-refractivity contribution in [1.29, 1.82) is 0 Å². The van der Waals surface area contributed by atoms with Crippen LogP contribution >= 0.6 is 22.9 Å². The minimum Gasteiger partial charge on any atom is -0.462 e. The van der Waals surface area contributed by atoms with Crippen LogP contribution in [0.2, 0.25) is 5.02 Å². The predicted molar refractivity (Wildman–Crippen MR) is 112 cm³/mol. The zero-order valence-electron chi connectivity index (χ0n) is 15.1. The van der Waals surface area contributed by atoms with E-state index >= 15 is 0 Å². The minimum absolute atomic E-state index is 0.146. The van der Waals surface area contributed by atoms with Gasteiger partial charge < -0.3 is 15.4 Å². The summed E-state index contributed by atoms with van der Waals surface area (Å²) in [5.41, 5.74) is 2.54. The number of rotatable bonds is 7. The average molecular weight is 416 g/mol. The van der Waals surface area contributed by atoms with Crippen LogP contribution < -0.4 is 10.6 Å². The van der Waals surface area contributed by atoms with Gasteiger partial charge in [0.15, 0.2) is 5.13 Å². The molecular formula is C20H18ClN3O3S. The van der Waals surface area contributed by atoms with E-state index in [2.05, 4.69) is 15.6 Å². The number of aromatic nitrogens is 1. The van der Waals surface area contributed by atoms with Gasteiger partial charge >= 0.3 is 5.97 Å². The van der Waals surface area contributed by atoms with Crippen molar-refractivity contribution >= 4 is 51.3 Å². The third kappa shape index (κ3) is 5.55. The molecule has 1 aromatic heterocycles. The lowest BCUT2D eigenvalue weighted by Gasteiger charge is -2.06. The van der Waals surface area contributed by atoms with Crippen LogP contribution in [0.5, 0.6) is 0 Å². The Morgan fingerprint density at radius 3 is 2.64 bits per heavy atom. The maximum atomic E-state index is 12.2. The fourth-order valence-electron chi connectivity index (χ4n) is 2.41. The molecule has 0 saturated heterocycles. The van der Waals surface area contributed by atoms with Crippen LogP contribution in [0.4, 0.5) is 16.5 Å². The quantitative estimate of drug-likeness (QED) is 0.536. The van der Waals surface area contributed by atoms with E-state index in [-0.39, 0.29) is 18.3 Å². The summed E-state index contributed by atoms with van der Waals surface area (Å²) in [4.78, 5) is 28.3. The summed E-state index contributed by atoms with van der Waals surface area (Å²) in [7, 11) is 0. The van der Waals surface area contributed by atoms with Crippen LogP contribution in [0.3, 0.4) is 0 Å². The topological polar surface area (TPSA) is 80.3 Å². The normalized spacial score (nSPS) is 10.4. The number of halogens is 1. The highest BCUT2D eigenvalue weighted by Crippen LogP contribution is 2.23. The van der Waals surface area contributed by atoms with Gasteiger partial charge in [0.05, 0.1) is 24.3 Å². The third-order valence-corrected chi connectivity index (χ3v) is 4.69. The standard InChI is InChI=1S/C20H18ClN3O3S/c1-2-27-19(26)13-6-8-15(9-7-13)22-18(25)11-17-12-28-20(24-17)23-16-5-3-4-14(21)10-16/h3-10,12H,2,11H2,1H3,(H,22,25)(H,23,24). The first-order chi connectivity index (χ1) is 13.5. The smallest absolute Gasteiger partial charge is 0.338 e. The van der Waals surface area contributed by atoms with Gasteiger partial charge in [-0.15, -0.1) is 11.3 Å². The summed E-state index contributed by atoms with van der Waals surface area (Å²) < 4.78 is 4.93. The molecule has 1 amide bonds. The molecule has 3 aromatic rings. The Balaban J connectivity index is 1.55. The zero-order chi connectivity index (χ0) is 19.9. The maximum Gasteiger partial charge on any atom is 0.338 e. The summed E-state index contributed by atoms with van der Waals surface area (Å²) in [6, 6.07) is 13.9. The Kier molecular flexibility index (Phi) is 6.62. The van der Waals surface area contributed by atoms with E-state index in [1.54, 1.807) is 43.3 Å². The first kappa shape index (κ1) is 19.9. The summed E-state index contributed by atoms with van der Waals surface area (Å²) in [5.74, 6) is -0.578. The molecule has 28 heavy (non-hydrogen) atoms. The van der Waals surface area contributed by atoms with Gasteiger partial charge in [0, 0.05) is 21.8 Å². The fraction of sp³-hybridized carbons (Fsp3) is 0.150. The SMILES string of the molecule is CCOC(=O)c1ccc(NC(=O)Cc2csc(Nc3cccc(Cl)c3)n2)cc1. The molecule has 0 unspecified atom stereocenters. The number of ether oxygens (including phenoxy) is 1. The monoisotopic (exact) mass is 415 g/mol. The Bertz CT molecular complexity index is 973. The van der Waals surface area contributed by atoms with Crippen molar-refractivity contribution in [3.63, 3.8) is 0 Å². The Labute approximate surface area is 171 Å². The molecule has 2 aromatic carbocycles. The second-order valence-electron chi connectivity index (χ2n) is 5.80. The molecule has 2 N–H and O–H groups in total. The van der Waals surface area contributed by atoms with E-state index in [1.165, 1.54) is 11.3 Å². The second-order valence-corrected chi connectivity index (χ2v) is 7.10. The van der Waals surface area contributed by atoms with E-state index in [0.29, 0.717) is 33.7 Å². The Hall–Kier alpha value is -2.90. The molecule has 0 radical (unpaired) electrons. The van der Waals surface area contributed by atoms with Crippen molar-refractivity contribution in [2.45, 2.75) is 13.3 Å². The van der Waals surface area contributed by atoms with Gasteiger partial charge in [-0.1, -0.05) is 17.7 Å². The van der Waals surface area contributed by atoms with Gasteiger partial charge in [0.25, 0.3) is 0 Å². The van der Waals surface area contributed by atoms with Crippen molar-refractivity contribution in [2.24, 2.45) is 0 Å². The van der Waals surface area contributed by atoms with Crippen molar-refractivity contribution < 1.29 is 14.3 Å². The lowest BCUT2D eigenvalue weighted by molar-refractivity contribution is -0.115. The van der Waals surface area contributed by atoms with Gasteiger partial charge in [-0.05, 0) is 49.4 Å². The number of nitrogens with one attached hydrogen (secondary N) is 2. The van der Waals surface area contributed by atoms with Crippen LogP contribution in [0.25, 0.3) is 0 Å². The third-order valence-electron chi connectivity index (χ3n) is 3.65. The molecule has 3 rings (SSSR count). The lowest BCUT2D eigenvalue weighted by Crippen LogP contribution is -2.14. The highest BCUT2D eigenvalue weighted by atomic mass is 35.5. The summed E-state index contributed by atoms with van der Waals surface area (Å²) in [5, 5.41) is 9.10. The molecule has 0 aliphatic heterocycles. The lowest BCUT2D eigenvalue weighted by atomic mass is 10.2. The number of esters is 1. The zero-order valence-corrected chi connectivity index (χ0v) is 16.6. The molecular weight excluding hydrogens is 398 g/mol. The van der Waals surface area contributed by atoms with Gasteiger partial charge in [-0.2, -0.15) is 0 Å². The van der Waals surface area contributed by atoms with Crippen LogP contribution in [0.1, 0.15) is 23.0 Å². The van der Waals surface area contributed by atoms with Crippen LogP contribution in [-0.2, 0) is 16.0 Å². The fourth-order valence-corrected chi connectivity index (χ4v) is 3.33. The van der Waals surface area contributed by atoms with Crippen LogP contribution in [0.15, 0.2) is 53.9 Å². The highest BCUT2D eigenvalue weighted by molar-refractivity contribution is 7.13. The molecule has 0 spiro atoms. The van der Waals surface area contributed by atoms with Gasteiger partial charge in [-0.25, -0.2) is 9.78 Å². The highest BCUT2D eigenvalue weighted by Gasteiger charge is 2.10. The number of anilines is 3. The largest absolute Gasteiger partial charge is 0.462 e. The molecule has 6 nitrogen and oxygen atoms in total. The molecule has 0 fully saturated rings. The van der Waals surface area contributed by atoms with E-state index in [4.69, 9.17) is 16.3 Å². The van der Waals surface area contributed by atoms with Crippen molar-refractivity contribution in [3.8, 4) is 0 Å². The predicted octanol–water partition coefficient (Wildman–Crippen LogP) is 4.90. The number of nitrogens with zero attached hydrogens (tertiary/aromatic N) is 1. The van der Waals surface area contributed by atoms with Crippen molar-refractivity contribution in [1.82, 2.24) is 4.98 Å². The van der Waals surface area contributed by atoms with E-state index in [1.807, 2.05) is 17.5 Å². The maximum absolute atomic E-state index is 12.2. The molecule has 0 aliphatic rings. The number of carbonyl (C=O) groups excluding carboxylic acids is 2. The van der Waals surface area contributed by atoms with E-state index < -0.39 is 0 Å². The second kappa shape index (κ2) is 9.34. The van der Waals surface area contributed by atoms with Crippen molar-refractivity contribution in [3.05, 3.63) is 70.2 Å². The number of amides is 1. The van der Waals surface area contributed by atoms with Crippen molar-refractivity contribution in [2.75, 3.05) is 17.2 Å². The van der Waals surface area contributed by atoms with E-state index in [0.717, 1.165) is 5.69 Å². The van der Waals surface area contributed by atoms with Crippen LogP contribution in [-0.4, -0.2) is 23.5 Å². The Morgan fingerprint density at radius 1 is 1.14 bits per heavy atom. The molecule has 0 aliphatic carbocycles. The first-order valence-electron chi connectivity index (χ1n) is 8.57. The van der Waals surface area contributed by atoms with E-state index in [9.17, 15) is 9.59 Å². The number of hydrogen-bond acceptors (Lipinski definition) is 6. The minimum atomic E-state index is -0.386. The molecule has 1 heterocycles. The number of carbonyl (C=O) groups is 2. The molecule has 0 saturated carbocycles. The molecule has 0 bridgehead atoms. The average Bonchev–Trinajstić information content (AvgIpc) is 3.09. The van der Waals surface area contributed by atoms with Gasteiger partial charge in [0.1, 0.15) is 0 Å². The number of hydrogen-bond donors (Lipinski definition) is 2. The molecule has 0 atom stereocenters. The molecule has 144 valence electrons. The Morgan fingerprint density at radius 2 is 1.93 bits per heavy atom. The first-order valence-corrected chi connectivity index (χ1v) is 9.83.